The van der Waals surface area contributed by atoms with E-state index in [-0.39, 0.29) is 12.5 Å². The van der Waals surface area contributed by atoms with Crippen molar-refractivity contribution in [2.45, 2.75) is 294 Å². The van der Waals surface area contributed by atoms with Crippen molar-refractivity contribution in [1.29, 1.82) is 0 Å². The Morgan fingerprint density at radius 1 is 0.515 bits per heavy atom. The van der Waals surface area contributed by atoms with E-state index >= 15 is 0 Å². The predicted octanol–water partition coefficient (Wildman–Crippen LogP) is 13.3. The van der Waals surface area contributed by atoms with Gasteiger partial charge in [0.25, 0.3) is 0 Å². The summed E-state index contributed by atoms with van der Waals surface area (Å²) in [6.45, 7) is 3.73. The Morgan fingerprint density at radius 3 is 1.38 bits per heavy atom. The van der Waals surface area contributed by atoms with Crippen molar-refractivity contribution in [3.63, 3.8) is 0 Å². The van der Waals surface area contributed by atoms with Gasteiger partial charge in [0.2, 0.25) is 5.91 Å². The number of aliphatic hydroxyl groups is 5. The number of rotatable bonds is 47. The van der Waals surface area contributed by atoms with Crippen molar-refractivity contribution in [2.24, 2.45) is 0 Å². The lowest BCUT2D eigenvalue weighted by Crippen LogP contribution is -2.60. The second-order valence-electron chi connectivity index (χ2n) is 19.4. The van der Waals surface area contributed by atoms with Gasteiger partial charge in [-0.15, -0.1) is 0 Å². The average Bonchev–Trinajstić information content (AvgIpc) is 3.32. The highest BCUT2D eigenvalue weighted by Crippen LogP contribution is 2.23. The first-order valence-corrected chi connectivity index (χ1v) is 27.9. The second-order valence-corrected chi connectivity index (χ2v) is 19.4. The highest BCUT2D eigenvalue weighted by atomic mass is 16.7. The summed E-state index contributed by atoms with van der Waals surface area (Å²) >= 11 is 0. The van der Waals surface area contributed by atoms with Gasteiger partial charge < -0.3 is 40.3 Å². The Hall–Kier alpha value is -1.85. The molecule has 1 aliphatic rings. The molecule has 9 heteroatoms. The normalized spacial score (nSPS) is 20.1. The fourth-order valence-corrected chi connectivity index (χ4v) is 8.67. The summed E-state index contributed by atoms with van der Waals surface area (Å²) in [6, 6.07) is -0.819. The molecule has 0 saturated carbocycles. The number of hydrogen-bond donors (Lipinski definition) is 6. The molecule has 0 spiro atoms. The molecule has 0 bridgehead atoms. The lowest BCUT2D eigenvalue weighted by Gasteiger charge is -2.40. The fraction of sp³-hybridized carbons (Fsp3) is 0.842. The molecule has 6 N–H and O–H groups in total. The molecule has 1 aliphatic heterocycles. The van der Waals surface area contributed by atoms with E-state index in [9.17, 15) is 30.3 Å². The van der Waals surface area contributed by atoms with Crippen LogP contribution in [0.3, 0.4) is 0 Å². The smallest absolute Gasteiger partial charge is 0.220 e. The fourth-order valence-electron chi connectivity index (χ4n) is 8.67. The molecule has 9 nitrogen and oxygen atoms in total. The first kappa shape index (κ1) is 62.2. The number of ether oxygens (including phenoxy) is 2. The van der Waals surface area contributed by atoms with Crippen LogP contribution >= 0.6 is 0 Å². The van der Waals surface area contributed by atoms with Gasteiger partial charge in [-0.2, -0.15) is 0 Å². The van der Waals surface area contributed by atoms with Crippen molar-refractivity contribution in [2.75, 3.05) is 13.2 Å². The number of carbonyl (C=O) groups excluding carboxylic acids is 1. The Labute approximate surface area is 405 Å². The second kappa shape index (κ2) is 46.9. The van der Waals surface area contributed by atoms with Gasteiger partial charge in [0, 0.05) is 6.42 Å². The summed E-state index contributed by atoms with van der Waals surface area (Å²) < 4.78 is 11.2. The molecule has 0 radical (unpaired) electrons. The maximum Gasteiger partial charge on any atom is 0.220 e. The molecule has 7 atom stereocenters. The Balaban J connectivity index is 2.09. The largest absolute Gasteiger partial charge is 0.394 e. The predicted molar refractivity (Wildman–Crippen MR) is 276 cm³/mol. The first-order valence-electron chi connectivity index (χ1n) is 27.9. The number of carbonyl (C=O) groups is 1. The molecule has 1 rings (SSSR count). The zero-order valence-corrected chi connectivity index (χ0v) is 42.7. The highest BCUT2D eigenvalue weighted by Gasteiger charge is 2.44. The third-order valence-electron chi connectivity index (χ3n) is 13.1. The molecule has 0 aromatic carbocycles. The van der Waals surface area contributed by atoms with Crippen molar-refractivity contribution in [3.05, 3.63) is 48.6 Å². The maximum atomic E-state index is 13.0. The summed E-state index contributed by atoms with van der Waals surface area (Å²) in [5, 5.41) is 54.2. The zero-order valence-electron chi connectivity index (χ0n) is 42.7. The van der Waals surface area contributed by atoms with Crippen LogP contribution in [0, 0.1) is 0 Å². The molecular formula is C57H105NO8. The monoisotopic (exact) mass is 932 g/mol. The molecule has 1 saturated heterocycles. The number of allylic oxidation sites excluding steroid dienone is 7. The van der Waals surface area contributed by atoms with Crippen molar-refractivity contribution < 1.29 is 39.8 Å². The lowest BCUT2D eigenvalue weighted by atomic mass is 9.99. The molecule has 1 amide bonds. The lowest BCUT2D eigenvalue weighted by molar-refractivity contribution is -0.302. The summed E-state index contributed by atoms with van der Waals surface area (Å²) in [5.41, 5.74) is 0. The topological polar surface area (TPSA) is 149 Å². The quantitative estimate of drug-likeness (QED) is 0.0261. The molecule has 0 aromatic heterocycles. The van der Waals surface area contributed by atoms with Gasteiger partial charge >= 0.3 is 0 Å². The Bertz CT molecular complexity index is 1170. The van der Waals surface area contributed by atoms with Gasteiger partial charge in [-0.25, -0.2) is 0 Å². The molecular weight excluding hydrogens is 827 g/mol. The van der Waals surface area contributed by atoms with Gasteiger partial charge in [-0.05, 0) is 64.2 Å². The maximum absolute atomic E-state index is 13.0. The van der Waals surface area contributed by atoms with E-state index < -0.39 is 49.5 Å². The number of amides is 1. The third kappa shape index (κ3) is 36.2. The third-order valence-corrected chi connectivity index (χ3v) is 13.1. The van der Waals surface area contributed by atoms with E-state index in [4.69, 9.17) is 9.47 Å². The molecule has 1 fully saturated rings. The summed E-state index contributed by atoms with van der Waals surface area (Å²) in [5.74, 6) is -0.188. The van der Waals surface area contributed by atoms with E-state index in [2.05, 4.69) is 55.6 Å². The standard InChI is InChI=1S/C57H105NO8/c1-3-5-7-9-11-13-15-16-17-18-19-20-21-22-23-24-25-26-27-28-29-30-31-32-33-34-35-36-37-39-41-43-45-47-53(61)58-50(49-65-57-56(64)55(63)54(62)52(48-59)66-57)51(60)46-44-42-40-38-14-12-10-8-6-4-2/h14,19-20,22-23,38,44,46,50-52,54-57,59-60,62-64H,3-13,15-18,21,24-37,39-43,45,47-49H2,1-2H3,(H,58,61)/b20-19-,23-22-,38-14+,46-44+. The minimum atomic E-state index is -1.57. The SMILES string of the molecule is CCCCCC/C=C/CC/C=C/C(O)C(COC1OC(CO)C(O)C(O)C1O)NC(=O)CCCCCCCCCCCCCCCCCCC/C=C\C/C=C\CCCCCCCCCCC. The molecule has 386 valence electrons. The van der Waals surface area contributed by atoms with E-state index in [1.54, 1.807) is 6.08 Å². The van der Waals surface area contributed by atoms with E-state index in [0.717, 1.165) is 44.9 Å². The van der Waals surface area contributed by atoms with Crippen LogP contribution in [-0.2, 0) is 14.3 Å². The Morgan fingerprint density at radius 2 is 0.909 bits per heavy atom. The molecule has 66 heavy (non-hydrogen) atoms. The van der Waals surface area contributed by atoms with E-state index in [0.29, 0.717) is 6.42 Å². The number of aliphatic hydroxyl groups excluding tert-OH is 5. The van der Waals surface area contributed by atoms with Crippen LogP contribution in [0.5, 0.6) is 0 Å². The van der Waals surface area contributed by atoms with Gasteiger partial charge in [0.1, 0.15) is 24.4 Å². The summed E-state index contributed by atoms with van der Waals surface area (Å²) in [7, 11) is 0. The van der Waals surface area contributed by atoms with Crippen LogP contribution in [-0.4, -0.2) is 87.5 Å². The van der Waals surface area contributed by atoms with Gasteiger partial charge in [-0.1, -0.05) is 229 Å². The van der Waals surface area contributed by atoms with Crippen LogP contribution in [0.15, 0.2) is 48.6 Å². The molecule has 1 heterocycles. The minimum absolute atomic E-state index is 0.188. The highest BCUT2D eigenvalue weighted by molar-refractivity contribution is 5.76. The van der Waals surface area contributed by atoms with E-state index in [1.165, 1.54) is 186 Å². The van der Waals surface area contributed by atoms with Gasteiger partial charge in [0.15, 0.2) is 6.29 Å². The van der Waals surface area contributed by atoms with Crippen LogP contribution in [0.1, 0.15) is 251 Å². The van der Waals surface area contributed by atoms with Crippen molar-refractivity contribution in [3.8, 4) is 0 Å². The number of unbranched alkanes of at least 4 members (excludes halogenated alkanes) is 31. The van der Waals surface area contributed by atoms with Gasteiger partial charge in [-0.3, -0.25) is 4.79 Å². The molecule has 7 unspecified atom stereocenters. The van der Waals surface area contributed by atoms with Crippen LogP contribution < -0.4 is 5.32 Å². The summed E-state index contributed by atoms with van der Waals surface area (Å²) in [6.07, 6.45) is 54.9. The van der Waals surface area contributed by atoms with Crippen LogP contribution in [0.25, 0.3) is 0 Å². The number of hydrogen-bond acceptors (Lipinski definition) is 8. The Kier molecular flexibility index (Phi) is 44.1. The average molecular weight is 932 g/mol. The minimum Gasteiger partial charge on any atom is -0.394 e. The zero-order chi connectivity index (χ0) is 48.0. The van der Waals surface area contributed by atoms with Gasteiger partial charge in [0.05, 0.1) is 25.4 Å². The number of nitrogens with one attached hydrogen (secondary N) is 1. The first-order chi connectivity index (χ1) is 32.3. The summed E-state index contributed by atoms with van der Waals surface area (Å²) in [4.78, 5) is 13.0. The van der Waals surface area contributed by atoms with Crippen molar-refractivity contribution >= 4 is 5.91 Å². The molecule has 0 aliphatic carbocycles. The van der Waals surface area contributed by atoms with Crippen LogP contribution in [0.4, 0.5) is 0 Å². The molecule has 0 aromatic rings. The van der Waals surface area contributed by atoms with Crippen LogP contribution in [0.2, 0.25) is 0 Å². The van der Waals surface area contributed by atoms with E-state index in [1.807, 2.05) is 6.08 Å². The van der Waals surface area contributed by atoms with Crippen molar-refractivity contribution in [1.82, 2.24) is 5.32 Å².